The number of anilines is 1. The lowest BCUT2D eigenvalue weighted by Gasteiger charge is -2.34. The smallest absolute Gasteiger partial charge is 0.200 e. The average Bonchev–Trinajstić information content (AvgIpc) is 2.74. The molecule has 0 aliphatic carbocycles. The van der Waals surface area contributed by atoms with Crippen molar-refractivity contribution in [2.75, 3.05) is 18.1 Å². The lowest BCUT2D eigenvalue weighted by atomic mass is 9.94. The fraction of sp³-hybridized carbons (Fsp3) is 0.143. The third-order valence-electron chi connectivity index (χ3n) is 4.37. The van der Waals surface area contributed by atoms with Gasteiger partial charge in [-0.1, -0.05) is 48.5 Å². The van der Waals surface area contributed by atoms with Crippen molar-refractivity contribution in [2.24, 2.45) is 0 Å². The summed E-state index contributed by atoms with van der Waals surface area (Å²) in [6.45, 7) is -0.489. The number of aliphatic hydroxyl groups excluding tert-OH is 1. The zero-order chi connectivity index (χ0) is 20.3. The van der Waals surface area contributed by atoms with Gasteiger partial charge >= 0.3 is 0 Å². The molecular formula is C21H16F5NO. The zero-order valence-corrected chi connectivity index (χ0v) is 14.5. The first kappa shape index (κ1) is 19.8. The van der Waals surface area contributed by atoms with Crippen LogP contribution in [-0.2, 0) is 0 Å². The Morgan fingerprint density at radius 1 is 0.679 bits per heavy atom. The second kappa shape index (κ2) is 8.39. The van der Waals surface area contributed by atoms with E-state index in [0.717, 1.165) is 0 Å². The predicted molar refractivity (Wildman–Crippen MR) is 95.4 cm³/mol. The molecule has 0 fully saturated rings. The van der Waals surface area contributed by atoms with E-state index in [4.69, 9.17) is 0 Å². The molecule has 28 heavy (non-hydrogen) atoms. The third-order valence-corrected chi connectivity index (χ3v) is 4.37. The Labute approximate surface area is 158 Å². The van der Waals surface area contributed by atoms with Crippen LogP contribution in [0.5, 0.6) is 0 Å². The summed E-state index contributed by atoms with van der Waals surface area (Å²) >= 11 is 0. The third kappa shape index (κ3) is 3.57. The minimum atomic E-state index is -2.21. The fourth-order valence-corrected chi connectivity index (χ4v) is 3.13. The summed E-state index contributed by atoms with van der Waals surface area (Å²) < 4.78 is 70.6. The molecule has 2 nitrogen and oxygen atoms in total. The highest BCUT2D eigenvalue weighted by Gasteiger charge is 2.34. The molecule has 0 heterocycles. The summed E-state index contributed by atoms with van der Waals surface area (Å²) in [7, 11) is 0. The summed E-state index contributed by atoms with van der Waals surface area (Å²) in [6, 6.07) is 14.9. The van der Waals surface area contributed by atoms with Crippen LogP contribution >= 0.6 is 0 Å². The van der Waals surface area contributed by atoms with Crippen molar-refractivity contribution in [3.8, 4) is 0 Å². The molecule has 3 aromatic rings. The van der Waals surface area contributed by atoms with Crippen LogP contribution in [0.15, 0.2) is 60.7 Å². The fourth-order valence-electron chi connectivity index (χ4n) is 3.13. The van der Waals surface area contributed by atoms with Gasteiger partial charge in [-0.3, -0.25) is 0 Å². The van der Waals surface area contributed by atoms with E-state index in [1.807, 2.05) is 0 Å². The van der Waals surface area contributed by atoms with Crippen LogP contribution in [0.2, 0.25) is 0 Å². The number of nitrogens with zero attached hydrogens (tertiary/aromatic N) is 1. The van der Waals surface area contributed by atoms with Crippen molar-refractivity contribution >= 4 is 5.69 Å². The van der Waals surface area contributed by atoms with Crippen molar-refractivity contribution in [3.05, 3.63) is 101 Å². The van der Waals surface area contributed by atoms with E-state index < -0.39 is 47.3 Å². The molecular weight excluding hydrogens is 377 g/mol. The molecule has 0 aliphatic heterocycles. The lowest BCUT2D eigenvalue weighted by Crippen LogP contribution is -2.34. The number of hydrogen-bond donors (Lipinski definition) is 1. The average molecular weight is 393 g/mol. The Hall–Kier alpha value is -2.93. The van der Waals surface area contributed by atoms with Crippen LogP contribution in [0.4, 0.5) is 27.6 Å². The van der Waals surface area contributed by atoms with Gasteiger partial charge in [-0.15, -0.1) is 0 Å². The Morgan fingerprint density at radius 3 is 1.64 bits per heavy atom. The molecule has 1 atom stereocenters. The van der Waals surface area contributed by atoms with E-state index in [9.17, 15) is 27.1 Å². The number of hydrogen-bond acceptors (Lipinski definition) is 2. The van der Waals surface area contributed by atoms with E-state index in [1.54, 1.807) is 48.5 Å². The van der Waals surface area contributed by atoms with Crippen LogP contribution in [-0.4, -0.2) is 18.3 Å². The largest absolute Gasteiger partial charge is 0.395 e. The van der Waals surface area contributed by atoms with Gasteiger partial charge in [-0.05, 0) is 17.7 Å². The maximum Gasteiger partial charge on any atom is 0.200 e. The minimum Gasteiger partial charge on any atom is -0.395 e. The molecule has 3 aromatic carbocycles. The van der Waals surface area contributed by atoms with E-state index in [2.05, 4.69) is 0 Å². The monoisotopic (exact) mass is 393 g/mol. The van der Waals surface area contributed by atoms with Crippen molar-refractivity contribution in [3.63, 3.8) is 0 Å². The summed E-state index contributed by atoms with van der Waals surface area (Å²) in [5.74, 6) is -10.0. The Bertz CT molecular complexity index is 921. The molecule has 0 amide bonds. The van der Waals surface area contributed by atoms with Gasteiger partial charge in [0, 0.05) is 12.2 Å². The van der Waals surface area contributed by atoms with E-state index in [1.165, 1.54) is 17.0 Å². The van der Waals surface area contributed by atoms with Crippen molar-refractivity contribution in [1.82, 2.24) is 0 Å². The van der Waals surface area contributed by atoms with Crippen LogP contribution in [0, 0.1) is 29.1 Å². The van der Waals surface area contributed by atoms with Gasteiger partial charge in [0.05, 0.1) is 18.2 Å². The summed E-state index contributed by atoms with van der Waals surface area (Å²) in [4.78, 5) is 1.40. The molecule has 3 rings (SSSR count). The molecule has 0 spiro atoms. The summed E-state index contributed by atoms with van der Waals surface area (Å²) in [5, 5.41) is 9.50. The number of benzene rings is 3. The van der Waals surface area contributed by atoms with Gasteiger partial charge in [-0.2, -0.15) is 0 Å². The van der Waals surface area contributed by atoms with Crippen molar-refractivity contribution in [1.29, 1.82) is 0 Å². The molecule has 146 valence electrons. The van der Waals surface area contributed by atoms with Gasteiger partial charge in [0.25, 0.3) is 0 Å². The predicted octanol–water partition coefficient (Wildman–Crippen LogP) is 4.97. The molecule has 0 unspecified atom stereocenters. The quantitative estimate of drug-likeness (QED) is 0.363. The number of para-hydroxylation sites is 1. The molecule has 0 aliphatic rings. The van der Waals surface area contributed by atoms with Crippen LogP contribution in [0.1, 0.15) is 17.2 Å². The molecule has 1 N–H and O–H groups in total. The highest BCUT2D eigenvalue weighted by molar-refractivity contribution is 5.53. The van der Waals surface area contributed by atoms with Crippen LogP contribution in [0.25, 0.3) is 0 Å². The Morgan fingerprint density at radius 2 is 1.14 bits per heavy atom. The summed E-state index contributed by atoms with van der Waals surface area (Å²) in [5.41, 5.74) is -0.211. The van der Waals surface area contributed by atoms with E-state index in [0.29, 0.717) is 11.3 Å². The second-order valence-electron chi connectivity index (χ2n) is 6.05. The van der Waals surface area contributed by atoms with E-state index >= 15 is 0 Å². The maximum absolute atomic E-state index is 14.6. The molecule has 0 saturated heterocycles. The first-order valence-electron chi connectivity index (χ1n) is 8.46. The number of rotatable bonds is 6. The molecule has 0 bridgehead atoms. The molecule has 0 radical (unpaired) electrons. The van der Waals surface area contributed by atoms with E-state index in [-0.39, 0.29) is 6.54 Å². The second-order valence-corrected chi connectivity index (χ2v) is 6.05. The summed E-state index contributed by atoms with van der Waals surface area (Å²) in [6.07, 6.45) is 0. The number of halogens is 5. The lowest BCUT2D eigenvalue weighted by molar-refractivity contribution is 0.297. The highest BCUT2D eigenvalue weighted by Crippen LogP contribution is 2.37. The highest BCUT2D eigenvalue weighted by atomic mass is 19.2. The first-order chi connectivity index (χ1) is 13.5. The van der Waals surface area contributed by atoms with Crippen LogP contribution in [0.3, 0.4) is 0 Å². The molecule has 7 heteroatoms. The van der Waals surface area contributed by atoms with Crippen molar-refractivity contribution < 1.29 is 27.1 Å². The van der Waals surface area contributed by atoms with Gasteiger partial charge in [0.1, 0.15) is 0 Å². The van der Waals surface area contributed by atoms with Crippen molar-refractivity contribution in [2.45, 2.75) is 6.04 Å². The topological polar surface area (TPSA) is 23.5 Å². The number of aliphatic hydroxyl groups is 1. The normalized spacial score (nSPS) is 12.1. The maximum atomic E-state index is 14.6. The standard InChI is InChI=1S/C21H16F5NO/c22-16-15(17(23)19(25)20(26)18(16)24)21(13-7-3-1-4-8-13)27(11-12-28)14-9-5-2-6-10-14/h1-10,21,28H,11-12H2/t21-/m1/s1. The SMILES string of the molecule is OCCN(c1ccccc1)[C@H](c1ccccc1)c1c(F)c(F)c(F)c(F)c1F. The van der Waals surface area contributed by atoms with Gasteiger partial charge in [-0.25, -0.2) is 22.0 Å². The Kier molecular flexibility index (Phi) is 5.94. The van der Waals surface area contributed by atoms with Crippen LogP contribution < -0.4 is 4.90 Å². The zero-order valence-electron chi connectivity index (χ0n) is 14.5. The van der Waals surface area contributed by atoms with Gasteiger partial charge in [0.15, 0.2) is 23.3 Å². The molecule has 0 saturated carbocycles. The Balaban J connectivity index is 2.31. The van der Waals surface area contributed by atoms with Gasteiger partial charge in [0.2, 0.25) is 5.82 Å². The molecule has 0 aromatic heterocycles. The van der Waals surface area contributed by atoms with Gasteiger partial charge < -0.3 is 10.0 Å². The first-order valence-corrected chi connectivity index (χ1v) is 8.46. The minimum absolute atomic E-state index is 0.0942.